The van der Waals surface area contributed by atoms with Crippen molar-refractivity contribution < 1.29 is 4.79 Å². The molecule has 21 heavy (non-hydrogen) atoms. The molecule has 1 amide bonds. The Balaban J connectivity index is 2.18. The lowest BCUT2D eigenvalue weighted by atomic mass is 10.0. The molecule has 1 saturated heterocycles. The predicted octanol–water partition coefficient (Wildman–Crippen LogP) is 3.22. The van der Waals surface area contributed by atoms with Crippen molar-refractivity contribution in [1.82, 2.24) is 9.80 Å². The van der Waals surface area contributed by atoms with Gasteiger partial charge >= 0.3 is 0 Å². The van der Waals surface area contributed by atoms with Gasteiger partial charge in [-0.15, -0.1) is 0 Å². The number of benzene rings is 1. The van der Waals surface area contributed by atoms with E-state index in [4.69, 9.17) is 23.2 Å². The molecule has 1 unspecified atom stereocenters. The topological polar surface area (TPSA) is 23.6 Å². The van der Waals surface area contributed by atoms with Crippen molar-refractivity contribution in [3.63, 3.8) is 0 Å². The molecule has 0 spiro atoms. The zero-order chi connectivity index (χ0) is 15.4. The molecule has 0 aliphatic carbocycles. The molecule has 1 aliphatic heterocycles. The number of rotatable bonds is 1. The first kappa shape index (κ1) is 16.2. The lowest BCUT2D eigenvalue weighted by Gasteiger charge is -2.39. The van der Waals surface area contributed by atoms with Gasteiger partial charge in [-0.05, 0) is 30.7 Å². The summed E-state index contributed by atoms with van der Waals surface area (Å²) in [5.74, 6) is 5.41. The molecule has 0 bridgehead atoms. The summed E-state index contributed by atoms with van der Waals surface area (Å²) in [6, 6.07) is 5.74. The maximum absolute atomic E-state index is 12.0. The van der Waals surface area contributed by atoms with Gasteiger partial charge in [0.1, 0.15) is 0 Å². The molecule has 0 aromatic heterocycles. The minimum absolute atomic E-state index is 0.102. The van der Waals surface area contributed by atoms with Crippen molar-refractivity contribution >= 4 is 29.1 Å². The first-order valence-corrected chi connectivity index (χ1v) is 7.71. The highest BCUT2D eigenvalue weighted by molar-refractivity contribution is 6.42. The second-order valence-electron chi connectivity index (χ2n) is 5.08. The number of halogens is 2. The summed E-state index contributed by atoms with van der Waals surface area (Å²) in [5, 5.41) is 1.08. The number of carbonyl (C=O) groups excluding carboxylic acids is 1. The molecular weight excluding hydrogens is 307 g/mol. The molecule has 0 radical (unpaired) electrons. The fourth-order valence-electron chi connectivity index (χ4n) is 2.38. The second kappa shape index (κ2) is 7.17. The highest BCUT2D eigenvalue weighted by Gasteiger charge is 2.28. The van der Waals surface area contributed by atoms with Crippen molar-refractivity contribution in [3.8, 4) is 11.8 Å². The number of hydrogen-bond donors (Lipinski definition) is 0. The van der Waals surface area contributed by atoms with Crippen LogP contribution >= 0.6 is 23.2 Å². The van der Waals surface area contributed by atoms with Gasteiger partial charge in [-0.2, -0.15) is 0 Å². The van der Waals surface area contributed by atoms with Crippen LogP contribution < -0.4 is 0 Å². The second-order valence-corrected chi connectivity index (χ2v) is 5.89. The number of amides is 1. The fourth-order valence-corrected chi connectivity index (χ4v) is 2.69. The van der Waals surface area contributed by atoms with Crippen LogP contribution in [0.4, 0.5) is 0 Å². The van der Waals surface area contributed by atoms with E-state index in [0.29, 0.717) is 29.6 Å². The molecule has 1 fully saturated rings. The Kier molecular flexibility index (Phi) is 5.52. The molecule has 1 heterocycles. The lowest BCUT2D eigenvalue weighted by molar-refractivity contribution is -0.127. The summed E-state index contributed by atoms with van der Waals surface area (Å²) in [6.45, 7) is 4.06. The summed E-state index contributed by atoms with van der Waals surface area (Å²) in [6.07, 6.45) is 0.690. The predicted molar refractivity (Wildman–Crippen MR) is 86.5 cm³/mol. The average Bonchev–Trinajstić information content (AvgIpc) is 2.48. The molecule has 1 aliphatic rings. The molecule has 3 nitrogen and oxygen atoms in total. The van der Waals surface area contributed by atoms with Gasteiger partial charge in [0, 0.05) is 26.1 Å². The van der Waals surface area contributed by atoms with Gasteiger partial charge < -0.3 is 4.90 Å². The molecule has 5 heteroatoms. The quantitative estimate of drug-likeness (QED) is 0.740. The van der Waals surface area contributed by atoms with E-state index in [1.807, 2.05) is 26.1 Å². The Labute approximate surface area is 135 Å². The largest absolute Gasteiger partial charge is 0.329 e. The Morgan fingerprint density at radius 2 is 2.10 bits per heavy atom. The third-order valence-electron chi connectivity index (χ3n) is 3.64. The summed E-state index contributed by atoms with van der Waals surface area (Å²) >= 11 is 12.1. The van der Waals surface area contributed by atoms with E-state index >= 15 is 0 Å². The summed E-state index contributed by atoms with van der Waals surface area (Å²) in [4.78, 5) is 16.1. The fraction of sp³-hybridized carbons (Fsp3) is 0.438. The van der Waals surface area contributed by atoms with Crippen molar-refractivity contribution in [3.05, 3.63) is 33.8 Å². The van der Waals surface area contributed by atoms with Crippen LogP contribution in [-0.4, -0.2) is 42.4 Å². The highest BCUT2D eigenvalue weighted by atomic mass is 35.5. The highest BCUT2D eigenvalue weighted by Crippen LogP contribution is 2.29. The van der Waals surface area contributed by atoms with Crippen LogP contribution in [0.1, 0.15) is 24.9 Å². The number of carbonyl (C=O) groups is 1. The number of piperazine rings is 1. The molecule has 1 aromatic rings. The molecule has 1 aromatic carbocycles. The molecule has 2 rings (SSSR count). The van der Waals surface area contributed by atoms with E-state index in [2.05, 4.69) is 16.7 Å². The van der Waals surface area contributed by atoms with Gasteiger partial charge in [0.2, 0.25) is 0 Å². The van der Waals surface area contributed by atoms with Crippen LogP contribution in [0.15, 0.2) is 18.2 Å². The third kappa shape index (κ3) is 3.91. The van der Waals surface area contributed by atoms with E-state index in [1.165, 1.54) is 0 Å². The average molecular weight is 325 g/mol. The normalized spacial score (nSPS) is 19.0. The van der Waals surface area contributed by atoms with Crippen LogP contribution in [-0.2, 0) is 4.79 Å². The smallest absolute Gasteiger partial charge is 0.298 e. The van der Waals surface area contributed by atoms with Crippen molar-refractivity contribution in [2.24, 2.45) is 0 Å². The molecule has 1 atom stereocenters. The van der Waals surface area contributed by atoms with Crippen LogP contribution in [0.5, 0.6) is 0 Å². The Morgan fingerprint density at radius 1 is 1.33 bits per heavy atom. The van der Waals surface area contributed by atoms with Crippen LogP contribution in [0.2, 0.25) is 10.0 Å². The number of nitrogens with zero attached hydrogens (tertiary/aromatic N) is 2. The first-order valence-electron chi connectivity index (χ1n) is 6.96. The summed E-state index contributed by atoms with van der Waals surface area (Å²) in [5.41, 5.74) is 1.06. The van der Waals surface area contributed by atoms with Gasteiger partial charge in [0.15, 0.2) is 0 Å². The Bertz CT molecular complexity index is 592. The van der Waals surface area contributed by atoms with Crippen molar-refractivity contribution in [2.75, 3.05) is 26.7 Å². The lowest BCUT2D eigenvalue weighted by Crippen LogP contribution is -2.48. The van der Waals surface area contributed by atoms with E-state index in [1.54, 1.807) is 11.0 Å². The van der Waals surface area contributed by atoms with Crippen LogP contribution in [0.25, 0.3) is 0 Å². The minimum atomic E-state index is -0.102. The molecule has 0 N–H and O–H groups in total. The van der Waals surface area contributed by atoms with Crippen LogP contribution in [0.3, 0.4) is 0 Å². The number of hydrogen-bond acceptors (Lipinski definition) is 2. The maximum Gasteiger partial charge on any atom is 0.298 e. The van der Waals surface area contributed by atoms with E-state index in [0.717, 1.165) is 12.1 Å². The Hall–Kier alpha value is -1.21. The summed E-state index contributed by atoms with van der Waals surface area (Å²) in [7, 11) is 2.05. The monoisotopic (exact) mass is 324 g/mol. The zero-order valence-electron chi connectivity index (χ0n) is 12.2. The van der Waals surface area contributed by atoms with Gasteiger partial charge in [0.25, 0.3) is 5.91 Å². The van der Waals surface area contributed by atoms with Crippen molar-refractivity contribution in [1.29, 1.82) is 0 Å². The van der Waals surface area contributed by atoms with Gasteiger partial charge in [-0.3, -0.25) is 9.69 Å². The van der Waals surface area contributed by atoms with Crippen molar-refractivity contribution in [2.45, 2.75) is 19.4 Å². The third-order valence-corrected chi connectivity index (χ3v) is 4.37. The maximum atomic E-state index is 12.0. The molecular formula is C16H18Cl2N2O. The SMILES string of the molecule is CCC#CC(=O)N1CCN(C)C(c2ccc(Cl)c(Cl)c2)C1. The zero-order valence-corrected chi connectivity index (χ0v) is 13.7. The minimum Gasteiger partial charge on any atom is -0.329 e. The first-order chi connectivity index (χ1) is 10.0. The van der Waals surface area contributed by atoms with Gasteiger partial charge in [-0.1, -0.05) is 42.1 Å². The number of likely N-dealkylation sites (N-methyl/N-ethyl adjacent to an activating group) is 1. The van der Waals surface area contributed by atoms with Crippen LogP contribution in [0, 0.1) is 11.8 Å². The molecule has 112 valence electrons. The van der Waals surface area contributed by atoms with Gasteiger partial charge in [0.05, 0.1) is 16.1 Å². The van der Waals surface area contributed by atoms with Gasteiger partial charge in [-0.25, -0.2) is 0 Å². The van der Waals surface area contributed by atoms with E-state index in [-0.39, 0.29) is 11.9 Å². The van der Waals surface area contributed by atoms with E-state index < -0.39 is 0 Å². The summed E-state index contributed by atoms with van der Waals surface area (Å²) < 4.78 is 0. The molecule has 0 saturated carbocycles. The van der Waals surface area contributed by atoms with E-state index in [9.17, 15) is 4.79 Å². The Morgan fingerprint density at radius 3 is 2.76 bits per heavy atom. The standard InChI is InChI=1S/C16H18Cl2N2O/c1-3-4-5-16(21)20-9-8-19(2)15(11-20)12-6-7-13(17)14(18)10-12/h6-7,10,15H,3,8-9,11H2,1-2H3.